The Kier molecular flexibility index (Phi) is 2.21. The third kappa shape index (κ3) is 1.60. The summed E-state index contributed by atoms with van der Waals surface area (Å²) in [5, 5.41) is 11.6. The standard InChI is InChI=1S/C7H7N5O2S/c8-6(14)3-1-5(15)12-7(9-3)10-4(2-13)11-12/h1,13H,2H2,(H2,8,14)(H,9,10,11). The number of aromatic amines is 1. The molecule has 0 aliphatic heterocycles. The Morgan fingerprint density at radius 2 is 2.40 bits per heavy atom. The van der Waals surface area contributed by atoms with E-state index in [9.17, 15) is 4.79 Å². The van der Waals surface area contributed by atoms with Gasteiger partial charge in [0.25, 0.3) is 11.7 Å². The van der Waals surface area contributed by atoms with Crippen molar-refractivity contribution in [2.24, 2.45) is 5.73 Å². The van der Waals surface area contributed by atoms with Crippen LogP contribution in [0.15, 0.2) is 6.07 Å². The molecular formula is C7H7N5O2S. The van der Waals surface area contributed by atoms with Crippen LogP contribution in [-0.2, 0) is 6.61 Å². The van der Waals surface area contributed by atoms with E-state index in [0.29, 0.717) is 10.5 Å². The zero-order valence-corrected chi connectivity index (χ0v) is 8.28. The van der Waals surface area contributed by atoms with E-state index in [2.05, 4.69) is 15.1 Å². The maximum atomic E-state index is 10.9. The molecule has 0 atom stereocenters. The molecule has 0 aliphatic carbocycles. The van der Waals surface area contributed by atoms with Crippen LogP contribution in [0.2, 0.25) is 0 Å². The van der Waals surface area contributed by atoms with Crippen molar-refractivity contribution >= 4 is 23.9 Å². The number of fused-ring (bicyclic) bond motifs is 1. The molecule has 0 fully saturated rings. The first kappa shape index (κ1) is 9.74. The molecule has 0 saturated carbocycles. The van der Waals surface area contributed by atoms with Gasteiger partial charge in [0, 0.05) is 6.07 Å². The summed E-state index contributed by atoms with van der Waals surface area (Å²) >= 11 is 4.98. The van der Waals surface area contributed by atoms with Gasteiger partial charge >= 0.3 is 0 Å². The largest absolute Gasteiger partial charge is 0.388 e. The highest BCUT2D eigenvalue weighted by atomic mass is 32.1. The fraction of sp³-hybridized carbons (Fsp3) is 0.143. The van der Waals surface area contributed by atoms with Crippen molar-refractivity contribution in [3.05, 3.63) is 22.2 Å². The number of amides is 1. The summed E-state index contributed by atoms with van der Waals surface area (Å²) in [6.45, 7) is -0.260. The van der Waals surface area contributed by atoms with Crippen LogP contribution in [0.4, 0.5) is 0 Å². The van der Waals surface area contributed by atoms with Crippen LogP contribution < -0.4 is 5.73 Å². The van der Waals surface area contributed by atoms with Gasteiger partial charge in [-0.2, -0.15) is 4.98 Å². The molecule has 78 valence electrons. The third-order valence-corrected chi connectivity index (χ3v) is 2.08. The highest BCUT2D eigenvalue weighted by Gasteiger charge is 2.08. The minimum absolute atomic E-state index is 0.0518. The normalized spacial score (nSPS) is 10.7. The number of aliphatic hydroxyl groups excluding tert-OH is 1. The van der Waals surface area contributed by atoms with E-state index in [4.69, 9.17) is 23.1 Å². The Balaban J connectivity index is 2.76. The smallest absolute Gasteiger partial charge is 0.267 e. The summed E-state index contributed by atoms with van der Waals surface area (Å²) in [5.41, 5.74) is 5.12. The van der Waals surface area contributed by atoms with Gasteiger partial charge in [-0.05, 0) is 0 Å². The zero-order chi connectivity index (χ0) is 11.0. The molecule has 0 unspecified atom stereocenters. The fourth-order valence-electron chi connectivity index (χ4n) is 1.12. The van der Waals surface area contributed by atoms with E-state index >= 15 is 0 Å². The quantitative estimate of drug-likeness (QED) is 0.590. The highest BCUT2D eigenvalue weighted by molar-refractivity contribution is 7.71. The molecule has 4 N–H and O–H groups in total. The van der Waals surface area contributed by atoms with Gasteiger partial charge in [0.1, 0.15) is 16.9 Å². The van der Waals surface area contributed by atoms with Crippen LogP contribution in [0.3, 0.4) is 0 Å². The molecule has 7 nitrogen and oxygen atoms in total. The lowest BCUT2D eigenvalue weighted by atomic mass is 10.4. The van der Waals surface area contributed by atoms with Crippen LogP contribution in [0.5, 0.6) is 0 Å². The second kappa shape index (κ2) is 3.41. The second-order valence-electron chi connectivity index (χ2n) is 2.81. The number of H-pyrrole nitrogens is 1. The van der Waals surface area contributed by atoms with Gasteiger partial charge in [-0.25, -0.2) is 9.50 Å². The Bertz CT molecular complexity index is 587. The Morgan fingerprint density at radius 1 is 1.67 bits per heavy atom. The van der Waals surface area contributed by atoms with Crippen molar-refractivity contribution in [2.45, 2.75) is 6.61 Å². The summed E-state index contributed by atoms with van der Waals surface area (Å²) < 4.78 is 1.70. The van der Waals surface area contributed by atoms with Crippen molar-refractivity contribution in [1.29, 1.82) is 0 Å². The van der Waals surface area contributed by atoms with Crippen LogP contribution in [-0.4, -0.2) is 30.6 Å². The van der Waals surface area contributed by atoms with Gasteiger partial charge in [-0.15, -0.1) is 0 Å². The molecule has 0 spiro atoms. The SMILES string of the molecule is NC(=O)c1cc(=S)n2[nH]c(CO)nc2n1. The molecular weight excluding hydrogens is 218 g/mol. The first-order chi connectivity index (χ1) is 7.11. The van der Waals surface area contributed by atoms with Gasteiger partial charge in [0.05, 0.1) is 0 Å². The number of primary amides is 1. The first-order valence-corrected chi connectivity index (χ1v) is 4.42. The van der Waals surface area contributed by atoms with Crippen molar-refractivity contribution in [3.8, 4) is 0 Å². The molecule has 15 heavy (non-hydrogen) atoms. The lowest BCUT2D eigenvalue weighted by Crippen LogP contribution is -2.14. The molecule has 2 aromatic rings. The molecule has 2 rings (SSSR count). The third-order valence-electron chi connectivity index (χ3n) is 1.78. The number of rotatable bonds is 2. The van der Waals surface area contributed by atoms with Gasteiger partial charge in [-0.3, -0.25) is 9.89 Å². The highest BCUT2D eigenvalue weighted by Crippen LogP contribution is 2.02. The number of hydrogen-bond acceptors (Lipinski definition) is 5. The monoisotopic (exact) mass is 225 g/mol. The molecule has 1 amide bonds. The average Bonchev–Trinajstić information content (AvgIpc) is 2.61. The maximum absolute atomic E-state index is 10.9. The van der Waals surface area contributed by atoms with Gasteiger partial charge in [0.15, 0.2) is 5.82 Å². The van der Waals surface area contributed by atoms with Crippen molar-refractivity contribution in [3.63, 3.8) is 0 Å². The molecule has 0 radical (unpaired) electrons. The van der Waals surface area contributed by atoms with E-state index in [0.717, 1.165) is 0 Å². The van der Waals surface area contributed by atoms with E-state index < -0.39 is 5.91 Å². The average molecular weight is 225 g/mol. The maximum Gasteiger partial charge on any atom is 0.267 e. The van der Waals surface area contributed by atoms with Crippen molar-refractivity contribution in [2.75, 3.05) is 0 Å². The molecule has 8 heteroatoms. The summed E-state index contributed by atoms with van der Waals surface area (Å²) in [4.78, 5) is 18.7. The lowest BCUT2D eigenvalue weighted by molar-refractivity contribution is 0.0995. The predicted octanol–water partition coefficient (Wildman–Crippen LogP) is -0.622. The van der Waals surface area contributed by atoms with Crippen LogP contribution in [0.25, 0.3) is 5.78 Å². The van der Waals surface area contributed by atoms with Crippen LogP contribution in [0.1, 0.15) is 16.3 Å². The van der Waals surface area contributed by atoms with Gasteiger partial charge in [0.2, 0.25) is 0 Å². The zero-order valence-electron chi connectivity index (χ0n) is 7.47. The van der Waals surface area contributed by atoms with Crippen LogP contribution in [0, 0.1) is 4.64 Å². The van der Waals surface area contributed by atoms with E-state index in [1.54, 1.807) is 0 Å². The Morgan fingerprint density at radius 3 is 3.00 bits per heavy atom. The van der Waals surface area contributed by atoms with Gasteiger partial charge < -0.3 is 10.8 Å². The van der Waals surface area contributed by atoms with E-state index in [1.165, 1.54) is 10.6 Å². The number of nitrogens with one attached hydrogen (secondary N) is 1. The Labute approximate surface area is 88.6 Å². The number of nitrogens with two attached hydrogens (primary N) is 1. The van der Waals surface area contributed by atoms with Gasteiger partial charge in [-0.1, -0.05) is 12.2 Å². The van der Waals surface area contributed by atoms with E-state index in [1.807, 2.05) is 0 Å². The number of carbonyl (C=O) groups is 1. The number of nitrogens with zero attached hydrogens (tertiary/aromatic N) is 3. The van der Waals surface area contributed by atoms with Crippen LogP contribution >= 0.6 is 12.2 Å². The molecule has 0 aromatic carbocycles. The van der Waals surface area contributed by atoms with E-state index in [-0.39, 0.29) is 18.1 Å². The molecule has 0 saturated heterocycles. The first-order valence-electron chi connectivity index (χ1n) is 4.01. The lowest BCUT2D eigenvalue weighted by Gasteiger charge is -1.95. The van der Waals surface area contributed by atoms with Crippen molar-refractivity contribution < 1.29 is 9.90 Å². The number of carbonyl (C=O) groups excluding carboxylic acids is 1. The number of aliphatic hydroxyl groups is 1. The number of aromatic nitrogens is 4. The topological polar surface area (TPSA) is 109 Å². The molecule has 0 bridgehead atoms. The molecule has 2 heterocycles. The fourth-order valence-corrected chi connectivity index (χ4v) is 1.36. The minimum Gasteiger partial charge on any atom is -0.388 e. The van der Waals surface area contributed by atoms with Crippen molar-refractivity contribution in [1.82, 2.24) is 19.6 Å². The molecule has 0 aliphatic rings. The summed E-state index contributed by atoms with van der Waals surface area (Å²) in [7, 11) is 0. The summed E-state index contributed by atoms with van der Waals surface area (Å²) in [5.74, 6) is -0.146. The molecule has 2 aromatic heterocycles. The second-order valence-corrected chi connectivity index (χ2v) is 3.23. The number of hydrogen-bond donors (Lipinski definition) is 3. The summed E-state index contributed by atoms with van der Waals surface area (Å²) in [6, 6.07) is 1.37. The minimum atomic E-state index is -0.669. The summed E-state index contributed by atoms with van der Waals surface area (Å²) in [6.07, 6.45) is 0. The predicted molar refractivity (Wildman–Crippen MR) is 52.6 cm³/mol. The Hall–Kier alpha value is -1.80.